The maximum atomic E-state index is 5.94. The Morgan fingerprint density at radius 3 is 2.65 bits per heavy atom. The Kier molecular flexibility index (Phi) is 4.06. The largest absolute Gasteiger partial charge is 0.399 e. The standard InChI is InChI=1S/C15H24N2/c1-12-7-8-14(9-15(12)16)11-17(2)10-13-5-3-4-6-13/h7-9,13H,3-6,10-11,16H2,1-2H3. The molecule has 1 aromatic carbocycles. The summed E-state index contributed by atoms with van der Waals surface area (Å²) in [6.45, 7) is 4.30. The molecule has 0 bridgehead atoms. The third kappa shape index (κ3) is 3.47. The van der Waals surface area contributed by atoms with Gasteiger partial charge >= 0.3 is 0 Å². The van der Waals surface area contributed by atoms with E-state index in [1.165, 1.54) is 43.4 Å². The van der Waals surface area contributed by atoms with E-state index in [1.807, 2.05) is 0 Å². The molecule has 2 rings (SSSR count). The number of hydrogen-bond donors (Lipinski definition) is 1. The molecule has 1 aromatic rings. The van der Waals surface area contributed by atoms with Gasteiger partial charge in [-0.15, -0.1) is 0 Å². The third-order valence-corrected chi connectivity index (χ3v) is 3.84. The van der Waals surface area contributed by atoms with E-state index in [0.717, 1.165) is 18.2 Å². The van der Waals surface area contributed by atoms with Crippen molar-refractivity contribution in [2.75, 3.05) is 19.3 Å². The average molecular weight is 232 g/mol. The zero-order valence-corrected chi connectivity index (χ0v) is 11.1. The van der Waals surface area contributed by atoms with Gasteiger partial charge in [0.1, 0.15) is 0 Å². The van der Waals surface area contributed by atoms with Gasteiger partial charge in [0.05, 0.1) is 0 Å². The fourth-order valence-corrected chi connectivity index (χ4v) is 2.80. The molecule has 1 aliphatic rings. The molecule has 0 aliphatic heterocycles. The number of anilines is 1. The van der Waals surface area contributed by atoms with Gasteiger partial charge in [-0.2, -0.15) is 0 Å². The van der Waals surface area contributed by atoms with Crippen LogP contribution < -0.4 is 5.73 Å². The minimum absolute atomic E-state index is 0.914. The molecular weight excluding hydrogens is 208 g/mol. The quantitative estimate of drug-likeness (QED) is 0.808. The second-order valence-electron chi connectivity index (χ2n) is 5.54. The molecule has 0 radical (unpaired) electrons. The summed E-state index contributed by atoms with van der Waals surface area (Å²) in [6, 6.07) is 6.42. The summed E-state index contributed by atoms with van der Waals surface area (Å²) in [7, 11) is 2.22. The van der Waals surface area contributed by atoms with Gasteiger partial charge in [0.2, 0.25) is 0 Å². The lowest BCUT2D eigenvalue weighted by Gasteiger charge is -2.21. The van der Waals surface area contributed by atoms with Gasteiger partial charge in [0.25, 0.3) is 0 Å². The van der Waals surface area contributed by atoms with Gasteiger partial charge in [0, 0.05) is 18.8 Å². The lowest BCUT2D eigenvalue weighted by Crippen LogP contribution is -2.24. The van der Waals surface area contributed by atoms with Gasteiger partial charge in [-0.05, 0) is 49.9 Å². The van der Waals surface area contributed by atoms with E-state index < -0.39 is 0 Å². The summed E-state index contributed by atoms with van der Waals surface area (Å²) in [4.78, 5) is 2.43. The summed E-state index contributed by atoms with van der Waals surface area (Å²) in [6.07, 6.45) is 5.69. The molecule has 94 valence electrons. The Morgan fingerprint density at radius 1 is 1.29 bits per heavy atom. The molecule has 0 amide bonds. The van der Waals surface area contributed by atoms with Crippen LogP contribution in [0, 0.1) is 12.8 Å². The van der Waals surface area contributed by atoms with E-state index in [0.29, 0.717) is 0 Å². The van der Waals surface area contributed by atoms with Crippen molar-refractivity contribution in [1.29, 1.82) is 0 Å². The first-order chi connectivity index (χ1) is 8.15. The lowest BCUT2D eigenvalue weighted by molar-refractivity contribution is 0.271. The molecule has 1 saturated carbocycles. The number of nitrogen functional groups attached to an aromatic ring is 1. The van der Waals surface area contributed by atoms with E-state index in [4.69, 9.17) is 5.73 Å². The van der Waals surface area contributed by atoms with Gasteiger partial charge in [-0.25, -0.2) is 0 Å². The Morgan fingerprint density at radius 2 is 2.00 bits per heavy atom. The topological polar surface area (TPSA) is 29.3 Å². The van der Waals surface area contributed by atoms with Crippen LogP contribution in [0.4, 0.5) is 5.69 Å². The van der Waals surface area contributed by atoms with Crippen molar-refractivity contribution < 1.29 is 0 Å². The van der Waals surface area contributed by atoms with Crippen molar-refractivity contribution >= 4 is 5.69 Å². The predicted molar refractivity (Wildman–Crippen MR) is 73.9 cm³/mol. The van der Waals surface area contributed by atoms with E-state index in [2.05, 4.69) is 37.1 Å². The Labute approximate surface area is 105 Å². The first-order valence-electron chi connectivity index (χ1n) is 6.68. The van der Waals surface area contributed by atoms with E-state index in [1.54, 1.807) is 0 Å². The summed E-state index contributed by atoms with van der Waals surface area (Å²) in [5, 5.41) is 0. The van der Waals surface area contributed by atoms with Crippen molar-refractivity contribution in [2.45, 2.75) is 39.2 Å². The van der Waals surface area contributed by atoms with Crippen molar-refractivity contribution in [2.24, 2.45) is 5.92 Å². The number of hydrogen-bond acceptors (Lipinski definition) is 2. The fourth-order valence-electron chi connectivity index (χ4n) is 2.80. The number of nitrogens with zero attached hydrogens (tertiary/aromatic N) is 1. The van der Waals surface area contributed by atoms with Crippen molar-refractivity contribution in [3.05, 3.63) is 29.3 Å². The zero-order chi connectivity index (χ0) is 12.3. The molecule has 0 aromatic heterocycles. The normalized spacial score (nSPS) is 16.9. The van der Waals surface area contributed by atoms with Crippen LogP contribution in [-0.2, 0) is 6.54 Å². The molecule has 0 atom stereocenters. The highest BCUT2D eigenvalue weighted by Crippen LogP contribution is 2.25. The molecular formula is C15H24N2. The summed E-state index contributed by atoms with van der Waals surface area (Å²) < 4.78 is 0. The number of benzene rings is 1. The number of aryl methyl sites for hydroxylation is 1. The van der Waals surface area contributed by atoms with Crippen molar-refractivity contribution in [1.82, 2.24) is 4.90 Å². The van der Waals surface area contributed by atoms with Crippen LogP contribution in [0.15, 0.2) is 18.2 Å². The molecule has 0 spiro atoms. The maximum Gasteiger partial charge on any atom is 0.0346 e. The molecule has 2 N–H and O–H groups in total. The van der Waals surface area contributed by atoms with Gasteiger partial charge in [0.15, 0.2) is 0 Å². The molecule has 1 fully saturated rings. The van der Waals surface area contributed by atoms with Gasteiger partial charge < -0.3 is 10.6 Å². The maximum absolute atomic E-state index is 5.94. The second kappa shape index (κ2) is 5.54. The third-order valence-electron chi connectivity index (χ3n) is 3.84. The first-order valence-corrected chi connectivity index (χ1v) is 6.68. The fraction of sp³-hybridized carbons (Fsp3) is 0.600. The minimum Gasteiger partial charge on any atom is -0.399 e. The van der Waals surface area contributed by atoms with E-state index >= 15 is 0 Å². The number of rotatable bonds is 4. The van der Waals surface area contributed by atoms with Crippen LogP contribution in [-0.4, -0.2) is 18.5 Å². The van der Waals surface area contributed by atoms with E-state index in [9.17, 15) is 0 Å². The van der Waals surface area contributed by atoms with E-state index in [-0.39, 0.29) is 0 Å². The molecule has 0 heterocycles. The van der Waals surface area contributed by atoms with Crippen molar-refractivity contribution in [3.8, 4) is 0 Å². The highest BCUT2D eigenvalue weighted by molar-refractivity contribution is 5.48. The van der Waals surface area contributed by atoms with Gasteiger partial charge in [-0.3, -0.25) is 0 Å². The Hall–Kier alpha value is -1.02. The van der Waals surface area contributed by atoms with Crippen LogP contribution in [0.1, 0.15) is 36.8 Å². The highest BCUT2D eigenvalue weighted by atomic mass is 15.1. The van der Waals surface area contributed by atoms with Crippen LogP contribution in [0.25, 0.3) is 0 Å². The highest BCUT2D eigenvalue weighted by Gasteiger charge is 2.16. The second-order valence-corrected chi connectivity index (χ2v) is 5.54. The molecule has 0 unspecified atom stereocenters. The van der Waals surface area contributed by atoms with Crippen LogP contribution >= 0.6 is 0 Å². The number of nitrogens with two attached hydrogens (primary N) is 1. The summed E-state index contributed by atoms with van der Waals surface area (Å²) in [5.74, 6) is 0.919. The zero-order valence-electron chi connectivity index (χ0n) is 11.1. The smallest absolute Gasteiger partial charge is 0.0346 e. The summed E-state index contributed by atoms with van der Waals surface area (Å²) >= 11 is 0. The minimum atomic E-state index is 0.914. The Balaban J connectivity index is 1.88. The summed E-state index contributed by atoms with van der Waals surface area (Å²) in [5.41, 5.74) is 9.36. The average Bonchev–Trinajstić information content (AvgIpc) is 2.76. The molecule has 0 saturated heterocycles. The molecule has 17 heavy (non-hydrogen) atoms. The predicted octanol–water partition coefficient (Wildman–Crippen LogP) is 3.20. The van der Waals surface area contributed by atoms with Crippen LogP contribution in [0.3, 0.4) is 0 Å². The molecule has 2 heteroatoms. The van der Waals surface area contributed by atoms with Crippen LogP contribution in [0.5, 0.6) is 0 Å². The van der Waals surface area contributed by atoms with Gasteiger partial charge in [-0.1, -0.05) is 25.0 Å². The van der Waals surface area contributed by atoms with Crippen LogP contribution in [0.2, 0.25) is 0 Å². The monoisotopic (exact) mass is 232 g/mol. The first kappa shape index (κ1) is 12.4. The molecule has 2 nitrogen and oxygen atoms in total. The van der Waals surface area contributed by atoms with Crippen molar-refractivity contribution in [3.63, 3.8) is 0 Å². The SMILES string of the molecule is Cc1ccc(CN(C)CC2CCCC2)cc1N. The Bertz CT molecular complexity index is 367. The molecule has 1 aliphatic carbocycles. The lowest BCUT2D eigenvalue weighted by atomic mass is 10.1.